The van der Waals surface area contributed by atoms with E-state index in [9.17, 15) is 9.59 Å². The molecule has 2 N–H and O–H groups in total. The first-order valence-corrected chi connectivity index (χ1v) is 9.96. The molecule has 9 heteroatoms. The van der Waals surface area contributed by atoms with Crippen LogP contribution in [0.15, 0.2) is 6.33 Å². The largest absolute Gasteiger partial charge is 0.383 e. The van der Waals surface area contributed by atoms with Crippen LogP contribution in [0.5, 0.6) is 0 Å². The molecule has 2 amide bonds. The smallest absolute Gasteiger partial charge is 0.261 e. The Kier molecular flexibility index (Phi) is 6.57. The Bertz CT molecular complexity index is 823. The first-order valence-electron chi connectivity index (χ1n) is 9.14. The Morgan fingerprint density at radius 2 is 2.22 bits per heavy atom. The number of thiophene rings is 1. The number of fused-ring (bicyclic) bond motifs is 1. The van der Waals surface area contributed by atoms with Crippen molar-refractivity contribution in [3.8, 4) is 0 Å². The molecule has 0 aliphatic carbocycles. The molecule has 2 aromatic rings. The van der Waals surface area contributed by atoms with E-state index in [0.717, 1.165) is 41.0 Å². The summed E-state index contributed by atoms with van der Waals surface area (Å²) in [6.45, 7) is 5.20. The lowest BCUT2D eigenvalue weighted by Crippen LogP contribution is -2.30. The summed E-state index contributed by atoms with van der Waals surface area (Å²) >= 11 is 1.37. The van der Waals surface area contributed by atoms with Crippen LogP contribution in [-0.2, 0) is 9.53 Å². The molecule has 146 valence electrons. The van der Waals surface area contributed by atoms with E-state index in [2.05, 4.69) is 20.6 Å². The van der Waals surface area contributed by atoms with Crippen LogP contribution >= 0.6 is 11.3 Å². The fourth-order valence-electron chi connectivity index (χ4n) is 3.19. The van der Waals surface area contributed by atoms with Crippen molar-refractivity contribution in [2.75, 3.05) is 45.2 Å². The second kappa shape index (κ2) is 9.09. The first kappa shape index (κ1) is 19.5. The maximum atomic E-state index is 12.6. The number of hydrogen-bond donors (Lipinski definition) is 2. The van der Waals surface area contributed by atoms with Gasteiger partial charge in [0, 0.05) is 39.7 Å². The molecule has 0 spiro atoms. The van der Waals surface area contributed by atoms with Crippen LogP contribution in [0.25, 0.3) is 10.2 Å². The summed E-state index contributed by atoms with van der Waals surface area (Å²) in [4.78, 5) is 36.1. The Balaban J connectivity index is 1.61. The minimum Gasteiger partial charge on any atom is -0.383 e. The third-order valence-electron chi connectivity index (χ3n) is 4.59. The van der Waals surface area contributed by atoms with Crippen molar-refractivity contribution in [3.05, 3.63) is 16.8 Å². The molecular formula is C18H25N5O3S. The number of carbonyl (C=O) groups excluding carboxylic acids is 2. The fourth-order valence-corrected chi connectivity index (χ4v) is 4.25. The van der Waals surface area contributed by atoms with Crippen molar-refractivity contribution in [2.45, 2.75) is 26.2 Å². The average molecular weight is 391 g/mol. The molecule has 0 saturated carbocycles. The van der Waals surface area contributed by atoms with Gasteiger partial charge in [-0.2, -0.15) is 0 Å². The Morgan fingerprint density at radius 3 is 2.96 bits per heavy atom. The Hall–Kier alpha value is -2.26. The molecule has 0 aromatic carbocycles. The van der Waals surface area contributed by atoms with Gasteiger partial charge in [0.2, 0.25) is 5.91 Å². The van der Waals surface area contributed by atoms with E-state index in [1.54, 1.807) is 7.11 Å². The second-order valence-corrected chi connectivity index (χ2v) is 7.47. The van der Waals surface area contributed by atoms with Crippen molar-refractivity contribution >= 4 is 39.2 Å². The van der Waals surface area contributed by atoms with E-state index in [0.29, 0.717) is 37.5 Å². The van der Waals surface area contributed by atoms with Gasteiger partial charge in [0.1, 0.15) is 17.0 Å². The summed E-state index contributed by atoms with van der Waals surface area (Å²) in [5.41, 5.74) is 0.878. The predicted molar refractivity (Wildman–Crippen MR) is 105 cm³/mol. The van der Waals surface area contributed by atoms with Crippen LogP contribution in [0.2, 0.25) is 0 Å². The highest BCUT2D eigenvalue weighted by Gasteiger charge is 2.21. The minimum atomic E-state index is -0.105. The van der Waals surface area contributed by atoms with Gasteiger partial charge in [0.25, 0.3) is 5.91 Å². The molecule has 1 aliphatic rings. The molecule has 27 heavy (non-hydrogen) atoms. The molecule has 0 unspecified atom stereocenters. The highest BCUT2D eigenvalue weighted by molar-refractivity contribution is 7.20. The lowest BCUT2D eigenvalue weighted by molar-refractivity contribution is -0.127. The summed E-state index contributed by atoms with van der Waals surface area (Å²) in [5, 5.41) is 7.07. The van der Waals surface area contributed by atoms with E-state index in [1.165, 1.54) is 17.7 Å². The lowest BCUT2D eigenvalue weighted by atomic mass is 10.2. The number of nitrogens with one attached hydrogen (secondary N) is 2. The number of aryl methyl sites for hydroxylation is 1. The monoisotopic (exact) mass is 391 g/mol. The Labute approximate surface area is 162 Å². The zero-order valence-electron chi connectivity index (χ0n) is 15.7. The van der Waals surface area contributed by atoms with Gasteiger partial charge in [0.15, 0.2) is 0 Å². The summed E-state index contributed by atoms with van der Waals surface area (Å²) in [5.74, 6) is 0.831. The summed E-state index contributed by atoms with van der Waals surface area (Å²) < 4.78 is 5.06. The zero-order chi connectivity index (χ0) is 19.2. The third kappa shape index (κ3) is 4.54. The van der Waals surface area contributed by atoms with Crippen LogP contribution in [-0.4, -0.2) is 66.6 Å². The molecule has 0 bridgehead atoms. The number of nitrogens with zero attached hydrogens (tertiary/aromatic N) is 3. The number of carbonyl (C=O) groups is 2. The van der Waals surface area contributed by atoms with E-state index >= 15 is 0 Å². The van der Waals surface area contributed by atoms with Gasteiger partial charge in [-0.15, -0.1) is 11.3 Å². The molecule has 0 radical (unpaired) electrons. The minimum absolute atomic E-state index is 0.105. The quantitative estimate of drug-likeness (QED) is 0.633. The number of likely N-dealkylation sites (tertiary alicyclic amines) is 1. The molecule has 3 rings (SSSR count). The predicted octanol–water partition coefficient (Wildman–Crippen LogP) is 1.80. The van der Waals surface area contributed by atoms with E-state index < -0.39 is 0 Å². The summed E-state index contributed by atoms with van der Waals surface area (Å²) in [6, 6.07) is 0. The number of rotatable bonds is 9. The second-order valence-electron chi connectivity index (χ2n) is 6.47. The number of amides is 2. The normalized spacial score (nSPS) is 14.1. The molecule has 1 aliphatic heterocycles. The van der Waals surface area contributed by atoms with Crippen LogP contribution in [0.3, 0.4) is 0 Å². The standard InChI is InChI=1S/C18H25N5O3S/c1-12-14-16(19-7-10-26-2)21-11-22-18(14)27-15(12)17(25)20-6-4-9-23-8-3-5-13(23)24/h11H,3-10H2,1-2H3,(H,20,25)(H,19,21,22). The van der Waals surface area contributed by atoms with Crippen molar-refractivity contribution in [1.29, 1.82) is 0 Å². The van der Waals surface area contributed by atoms with Gasteiger partial charge in [-0.1, -0.05) is 0 Å². The van der Waals surface area contributed by atoms with Gasteiger partial charge < -0.3 is 20.3 Å². The molecule has 0 atom stereocenters. The number of ether oxygens (including phenoxy) is 1. The third-order valence-corrected chi connectivity index (χ3v) is 5.79. The number of hydrogen-bond acceptors (Lipinski definition) is 7. The van der Waals surface area contributed by atoms with Crippen LogP contribution in [0.4, 0.5) is 5.82 Å². The molecule has 3 heterocycles. The maximum Gasteiger partial charge on any atom is 0.261 e. The number of anilines is 1. The lowest BCUT2D eigenvalue weighted by Gasteiger charge is -2.15. The molecule has 1 fully saturated rings. The van der Waals surface area contributed by atoms with Gasteiger partial charge in [-0.25, -0.2) is 9.97 Å². The Morgan fingerprint density at radius 1 is 1.37 bits per heavy atom. The molecule has 2 aromatic heterocycles. The van der Waals surface area contributed by atoms with Crippen molar-refractivity contribution < 1.29 is 14.3 Å². The van der Waals surface area contributed by atoms with Crippen LogP contribution < -0.4 is 10.6 Å². The van der Waals surface area contributed by atoms with Crippen molar-refractivity contribution in [1.82, 2.24) is 20.2 Å². The van der Waals surface area contributed by atoms with E-state index in [-0.39, 0.29) is 11.8 Å². The zero-order valence-corrected chi connectivity index (χ0v) is 16.5. The molecule has 8 nitrogen and oxygen atoms in total. The summed E-state index contributed by atoms with van der Waals surface area (Å²) in [7, 11) is 1.65. The van der Waals surface area contributed by atoms with E-state index in [4.69, 9.17) is 4.74 Å². The van der Waals surface area contributed by atoms with Gasteiger partial charge >= 0.3 is 0 Å². The van der Waals surface area contributed by atoms with Gasteiger partial charge in [-0.05, 0) is 25.3 Å². The first-order chi connectivity index (χ1) is 13.1. The highest BCUT2D eigenvalue weighted by Crippen LogP contribution is 2.33. The maximum absolute atomic E-state index is 12.6. The average Bonchev–Trinajstić information content (AvgIpc) is 3.22. The summed E-state index contributed by atoms with van der Waals surface area (Å²) in [6.07, 6.45) is 3.84. The number of methoxy groups -OCH3 is 1. The van der Waals surface area contributed by atoms with Crippen LogP contribution in [0, 0.1) is 6.92 Å². The van der Waals surface area contributed by atoms with Crippen molar-refractivity contribution in [3.63, 3.8) is 0 Å². The molecular weight excluding hydrogens is 366 g/mol. The van der Waals surface area contributed by atoms with Crippen LogP contribution in [0.1, 0.15) is 34.5 Å². The number of aromatic nitrogens is 2. The fraction of sp³-hybridized carbons (Fsp3) is 0.556. The van der Waals surface area contributed by atoms with Crippen molar-refractivity contribution in [2.24, 2.45) is 0 Å². The highest BCUT2D eigenvalue weighted by atomic mass is 32.1. The van der Waals surface area contributed by atoms with Gasteiger partial charge in [0.05, 0.1) is 16.9 Å². The molecule has 1 saturated heterocycles. The van der Waals surface area contributed by atoms with Gasteiger partial charge in [-0.3, -0.25) is 9.59 Å². The van der Waals surface area contributed by atoms with E-state index in [1.807, 2.05) is 11.8 Å². The SMILES string of the molecule is COCCNc1ncnc2sc(C(=O)NCCCN3CCCC3=O)c(C)c12. The topological polar surface area (TPSA) is 96.4 Å².